The van der Waals surface area contributed by atoms with Crippen molar-refractivity contribution in [3.8, 4) is 44.5 Å². The van der Waals surface area contributed by atoms with Gasteiger partial charge in [-0.15, -0.1) is 11.3 Å². The van der Waals surface area contributed by atoms with E-state index in [0.29, 0.717) is 0 Å². The van der Waals surface area contributed by atoms with Gasteiger partial charge in [-0.05, 0) is 127 Å². The van der Waals surface area contributed by atoms with Gasteiger partial charge in [0.25, 0.3) is 0 Å². The van der Waals surface area contributed by atoms with Gasteiger partial charge in [0.2, 0.25) is 0 Å². The Morgan fingerprint density at radius 2 is 0.922 bits per heavy atom. The first-order chi connectivity index (χ1) is 31.7. The summed E-state index contributed by atoms with van der Waals surface area (Å²) in [4.78, 5) is 2.45. The maximum Gasteiger partial charge on any atom is 0.137 e. The fourth-order valence-corrected chi connectivity index (χ4v) is 12.4. The minimum absolute atomic E-state index is 0.651. The molecule has 2 heterocycles. The number of hydrogen-bond acceptors (Lipinski definition) is 3. The molecule has 10 aromatic carbocycles. The van der Waals surface area contributed by atoms with Crippen molar-refractivity contribution in [1.82, 2.24) is 0 Å². The highest BCUT2D eigenvalue weighted by atomic mass is 32.1. The van der Waals surface area contributed by atoms with E-state index >= 15 is 0 Å². The zero-order chi connectivity index (χ0) is 41.9. The lowest BCUT2D eigenvalue weighted by Gasteiger charge is -2.36. The molecule has 0 aliphatic heterocycles. The van der Waals surface area contributed by atoms with Gasteiger partial charge < -0.3 is 9.32 Å². The third kappa shape index (κ3) is 4.90. The first-order valence-corrected chi connectivity index (χ1v) is 22.8. The molecule has 1 spiro atoms. The van der Waals surface area contributed by atoms with Crippen LogP contribution in [0.15, 0.2) is 229 Å². The lowest BCUT2D eigenvalue weighted by atomic mass is 9.65. The van der Waals surface area contributed by atoms with Gasteiger partial charge in [-0.2, -0.15) is 0 Å². The summed E-state index contributed by atoms with van der Waals surface area (Å²) in [5, 5.41) is 4.80. The van der Waals surface area contributed by atoms with Gasteiger partial charge in [-0.25, -0.2) is 0 Å². The number of anilines is 3. The highest BCUT2D eigenvalue weighted by Gasteiger charge is 2.50. The van der Waals surface area contributed by atoms with Crippen LogP contribution in [0.1, 0.15) is 22.3 Å². The van der Waals surface area contributed by atoms with Crippen molar-refractivity contribution >= 4 is 70.5 Å². The Kier molecular flexibility index (Phi) is 7.51. The predicted octanol–water partition coefficient (Wildman–Crippen LogP) is 17.1. The van der Waals surface area contributed by atoms with E-state index in [0.717, 1.165) is 39.0 Å². The van der Waals surface area contributed by atoms with Gasteiger partial charge >= 0.3 is 0 Å². The number of benzene rings is 10. The summed E-state index contributed by atoms with van der Waals surface area (Å²) in [5.41, 5.74) is 19.5. The van der Waals surface area contributed by atoms with E-state index in [1.807, 2.05) is 11.3 Å². The van der Waals surface area contributed by atoms with Gasteiger partial charge in [-0.3, -0.25) is 0 Å². The molecule has 3 heteroatoms. The fraction of sp³-hybridized carbons (Fsp3) is 0.0164. The fourth-order valence-electron chi connectivity index (χ4n) is 11.2. The number of rotatable bonds is 4. The zero-order valence-corrected chi connectivity index (χ0v) is 35.4. The second-order valence-corrected chi connectivity index (χ2v) is 18.2. The summed E-state index contributed by atoms with van der Waals surface area (Å²) in [6.07, 6.45) is 0. The minimum atomic E-state index is -0.651. The van der Waals surface area contributed by atoms with E-state index < -0.39 is 5.41 Å². The molecule has 0 N–H and O–H groups in total. The van der Waals surface area contributed by atoms with Crippen LogP contribution in [0.2, 0.25) is 0 Å². The number of nitrogens with zero attached hydrogens (tertiary/aromatic N) is 1. The minimum Gasteiger partial charge on any atom is -0.456 e. The van der Waals surface area contributed by atoms with Crippen molar-refractivity contribution in [2.24, 2.45) is 0 Å². The molecule has 0 radical (unpaired) electrons. The zero-order valence-electron chi connectivity index (χ0n) is 34.6. The molecule has 2 aromatic heterocycles. The largest absolute Gasteiger partial charge is 0.456 e. The topological polar surface area (TPSA) is 16.4 Å². The molecule has 0 amide bonds. The maximum absolute atomic E-state index is 6.56. The molecule has 2 nitrogen and oxygen atoms in total. The molecule has 298 valence electrons. The van der Waals surface area contributed by atoms with Crippen molar-refractivity contribution in [2.75, 3.05) is 4.90 Å². The predicted molar refractivity (Wildman–Crippen MR) is 268 cm³/mol. The first-order valence-electron chi connectivity index (χ1n) is 22.0. The van der Waals surface area contributed by atoms with Crippen molar-refractivity contribution in [1.29, 1.82) is 0 Å². The number of thiophene rings is 1. The van der Waals surface area contributed by atoms with Gasteiger partial charge in [0.05, 0.1) is 16.5 Å². The number of para-hydroxylation sites is 1. The van der Waals surface area contributed by atoms with Crippen LogP contribution < -0.4 is 4.90 Å². The molecular weight excluding hydrogens is 795 g/mol. The van der Waals surface area contributed by atoms with Crippen molar-refractivity contribution in [3.05, 3.63) is 247 Å². The standard InChI is InChI=1S/C61H37NOS/c1-2-15-38(16-3-1)39-29-31-40(32-30-39)62(55-25-14-27-57-60(55)48-22-8-12-26-56(48)63-57)41-33-34-46-43-18-5-4-17-42(43)44-19-6-10-23-51(44)61(53(46)35-41)52-24-11-7-20-45(52)49-37-59-50(36-54(49)61)47-21-9-13-28-58(47)64-59/h1-37H. The highest BCUT2D eigenvalue weighted by molar-refractivity contribution is 7.25. The monoisotopic (exact) mass is 831 g/mol. The second-order valence-electron chi connectivity index (χ2n) is 17.1. The third-order valence-electron chi connectivity index (χ3n) is 13.9. The Morgan fingerprint density at radius 1 is 0.344 bits per heavy atom. The van der Waals surface area contributed by atoms with Crippen molar-refractivity contribution in [2.45, 2.75) is 5.41 Å². The summed E-state index contributed by atoms with van der Waals surface area (Å²) < 4.78 is 9.20. The van der Waals surface area contributed by atoms with E-state index in [1.54, 1.807) is 0 Å². The van der Waals surface area contributed by atoms with Crippen LogP contribution in [-0.4, -0.2) is 0 Å². The van der Waals surface area contributed by atoms with Crippen LogP contribution in [0, 0.1) is 0 Å². The Labute approximate surface area is 374 Å². The summed E-state index contributed by atoms with van der Waals surface area (Å²) in [5.74, 6) is 0. The average molecular weight is 832 g/mol. The van der Waals surface area contributed by atoms with Crippen molar-refractivity contribution < 1.29 is 4.42 Å². The maximum atomic E-state index is 6.56. The van der Waals surface area contributed by atoms with Gasteiger partial charge in [0.15, 0.2) is 0 Å². The van der Waals surface area contributed by atoms with E-state index in [-0.39, 0.29) is 0 Å². The number of hydrogen-bond donors (Lipinski definition) is 0. The van der Waals surface area contributed by atoms with Crippen LogP contribution in [0.3, 0.4) is 0 Å². The molecule has 2 aliphatic carbocycles. The van der Waals surface area contributed by atoms with Crippen LogP contribution in [0.25, 0.3) is 86.6 Å². The SMILES string of the molecule is c1ccc(-c2ccc(N(c3ccc4c(c3)C3(c5ccccc5-c5ccccc5-4)c4ccccc4-c4cc5sc6ccccc6c5cc43)c3cccc4oc5ccccc5c34)cc2)cc1. The molecular formula is C61H37NOS. The molecule has 0 saturated heterocycles. The van der Waals surface area contributed by atoms with Crippen LogP contribution in [0.4, 0.5) is 17.1 Å². The summed E-state index contributed by atoms with van der Waals surface area (Å²) in [6, 6.07) is 83.1. The molecule has 0 bridgehead atoms. The third-order valence-corrected chi connectivity index (χ3v) is 15.0. The molecule has 0 saturated carbocycles. The lowest BCUT2D eigenvalue weighted by molar-refractivity contribution is 0.669. The van der Waals surface area contributed by atoms with E-state index in [1.165, 1.54) is 86.9 Å². The molecule has 1 atom stereocenters. The molecule has 1 unspecified atom stereocenters. The van der Waals surface area contributed by atoms with Gasteiger partial charge in [0, 0.05) is 36.9 Å². The Morgan fingerprint density at radius 3 is 1.70 bits per heavy atom. The van der Waals surface area contributed by atoms with Crippen LogP contribution >= 0.6 is 11.3 Å². The van der Waals surface area contributed by atoms with E-state index in [4.69, 9.17) is 4.42 Å². The summed E-state index contributed by atoms with van der Waals surface area (Å²) >= 11 is 1.89. The summed E-state index contributed by atoms with van der Waals surface area (Å²) in [6.45, 7) is 0. The molecule has 0 fully saturated rings. The average Bonchev–Trinajstić information content (AvgIpc) is 4.00. The molecule has 14 rings (SSSR count). The first kappa shape index (κ1) is 35.6. The Hall–Kier alpha value is -7.98. The highest BCUT2D eigenvalue weighted by Crippen LogP contribution is 2.63. The molecule has 12 aromatic rings. The molecule has 2 aliphatic rings. The van der Waals surface area contributed by atoms with Gasteiger partial charge in [-0.1, -0.05) is 164 Å². The second kappa shape index (κ2) is 13.5. The van der Waals surface area contributed by atoms with Gasteiger partial charge in [0.1, 0.15) is 11.2 Å². The Balaban J connectivity index is 1.11. The number of furan rings is 1. The smallest absolute Gasteiger partial charge is 0.137 e. The Bertz CT molecular complexity index is 3860. The van der Waals surface area contributed by atoms with E-state index in [2.05, 4.69) is 229 Å². The number of fused-ring (bicyclic) bond motifs is 18. The molecule has 64 heavy (non-hydrogen) atoms. The van der Waals surface area contributed by atoms with Crippen molar-refractivity contribution in [3.63, 3.8) is 0 Å². The quantitative estimate of drug-likeness (QED) is 0.176. The van der Waals surface area contributed by atoms with Crippen LogP contribution in [-0.2, 0) is 5.41 Å². The van der Waals surface area contributed by atoms with Crippen LogP contribution in [0.5, 0.6) is 0 Å². The normalized spacial score (nSPS) is 14.6. The lowest BCUT2D eigenvalue weighted by Crippen LogP contribution is -2.29. The van der Waals surface area contributed by atoms with E-state index in [9.17, 15) is 0 Å². The summed E-state index contributed by atoms with van der Waals surface area (Å²) in [7, 11) is 0.